The maximum Gasteiger partial charge on any atom is 0.163 e. The number of halogens is 3. The highest BCUT2D eigenvalue weighted by atomic mass is 35.5. The van der Waals surface area contributed by atoms with Crippen molar-refractivity contribution in [1.82, 2.24) is 15.0 Å². The summed E-state index contributed by atoms with van der Waals surface area (Å²) in [5, 5.41) is 5.70. The highest BCUT2D eigenvalue weighted by Gasteiger charge is 2.11. The lowest BCUT2D eigenvalue weighted by atomic mass is 10.2. The first kappa shape index (κ1) is 18.0. The van der Waals surface area contributed by atoms with E-state index in [0.29, 0.717) is 26.7 Å². The van der Waals surface area contributed by atoms with Crippen molar-refractivity contribution in [2.75, 3.05) is 5.32 Å². The van der Waals surface area contributed by atoms with Gasteiger partial charge in [-0.05, 0) is 55.5 Å². The first-order valence-corrected chi connectivity index (χ1v) is 9.25. The van der Waals surface area contributed by atoms with Gasteiger partial charge < -0.3 is 5.32 Å². The predicted octanol–water partition coefficient (Wildman–Crippen LogP) is 6.70. The molecular weight excluding hydrogens is 403 g/mol. The minimum absolute atomic E-state index is 0.464. The topological polar surface area (TPSA) is 50.7 Å². The van der Waals surface area contributed by atoms with Crippen LogP contribution in [0.5, 0.6) is 0 Å². The van der Waals surface area contributed by atoms with Crippen molar-refractivity contribution in [3.63, 3.8) is 0 Å². The number of rotatable bonds is 3. The molecule has 0 aliphatic rings. The SMILES string of the molecule is Cc1ccc(-c2nc(Nc3ccc(Cl)c(Cl)c3)c3ccc(Cl)cc3n2)cn1. The van der Waals surface area contributed by atoms with Gasteiger partial charge in [-0.25, -0.2) is 9.97 Å². The standard InChI is InChI=1S/C20H13Cl3N4/c1-11-2-3-12(10-24-11)19-26-18-8-13(21)4-6-15(18)20(27-19)25-14-5-7-16(22)17(23)9-14/h2-10H,1H3,(H,25,26,27). The Morgan fingerprint density at radius 3 is 2.44 bits per heavy atom. The normalized spacial score (nSPS) is 11.0. The van der Waals surface area contributed by atoms with Crippen LogP contribution in [-0.2, 0) is 0 Å². The monoisotopic (exact) mass is 414 g/mol. The Labute approximate surface area is 171 Å². The number of nitrogens with zero attached hydrogens (tertiary/aromatic N) is 3. The van der Waals surface area contributed by atoms with Crippen molar-refractivity contribution in [3.05, 3.63) is 75.5 Å². The number of fused-ring (bicyclic) bond motifs is 1. The Kier molecular flexibility index (Phi) is 4.87. The van der Waals surface area contributed by atoms with E-state index in [4.69, 9.17) is 39.8 Å². The summed E-state index contributed by atoms with van der Waals surface area (Å²) >= 11 is 18.3. The Morgan fingerprint density at radius 1 is 0.852 bits per heavy atom. The van der Waals surface area contributed by atoms with E-state index < -0.39 is 0 Å². The second kappa shape index (κ2) is 7.31. The van der Waals surface area contributed by atoms with Crippen LogP contribution in [0.1, 0.15) is 5.69 Å². The summed E-state index contributed by atoms with van der Waals surface area (Å²) in [6.45, 7) is 1.93. The third-order valence-corrected chi connectivity index (χ3v) is 4.98. The zero-order chi connectivity index (χ0) is 19.0. The molecule has 0 atom stereocenters. The molecule has 0 amide bonds. The number of hydrogen-bond acceptors (Lipinski definition) is 4. The summed E-state index contributed by atoms with van der Waals surface area (Å²) in [4.78, 5) is 13.7. The van der Waals surface area contributed by atoms with Crippen LogP contribution in [0.25, 0.3) is 22.3 Å². The van der Waals surface area contributed by atoms with Gasteiger partial charge in [0, 0.05) is 33.6 Å². The molecule has 4 rings (SSSR count). The lowest BCUT2D eigenvalue weighted by Gasteiger charge is -2.12. The summed E-state index contributed by atoms with van der Waals surface area (Å²) in [5.74, 6) is 1.20. The van der Waals surface area contributed by atoms with Crippen molar-refractivity contribution >= 4 is 57.2 Å². The highest BCUT2D eigenvalue weighted by molar-refractivity contribution is 6.42. The van der Waals surface area contributed by atoms with Crippen molar-refractivity contribution < 1.29 is 0 Å². The Morgan fingerprint density at radius 2 is 1.70 bits per heavy atom. The molecule has 0 spiro atoms. The molecule has 0 saturated carbocycles. The number of pyridine rings is 1. The average Bonchev–Trinajstić information content (AvgIpc) is 2.65. The Balaban J connectivity index is 1.86. The molecule has 4 nitrogen and oxygen atoms in total. The second-order valence-corrected chi connectivity index (χ2v) is 7.25. The fourth-order valence-corrected chi connectivity index (χ4v) is 3.10. The maximum absolute atomic E-state index is 6.16. The molecule has 0 aliphatic heterocycles. The zero-order valence-corrected chi connectivity index (χ0v) is 16.4. The van der Waals surface area contributed by atoms with E-state index in [0.717, 1.165) is 27.8 Å². The van der Waals surface area contributed by atoms with Gasteiger partial charge in [0.25, 0.3) is 0 Å². The van der Waals surface area contributed by atoms with E-state index in [1.165, 1.54) is 0 Å². The van der Waals surface area contributed by atoms with Gasteiger partial charge in [0.05, 0.1) is 15.6 Å². The van der Waals surface area contributed by atoms with Gasteiger partial charge in [0.1, 0.15) is 5.82 Å². The second-order valence-electron chi connectivity index (χ2n) is 6.00. The molecule has 134 valence electrons. The third kappa shape index (κ3) is 3.83. The van der Waals surface area contributed by atoms with E-state index in [1.807, 2.05) is 37.3 Å². The molecule has 0 bridgehead atoms. The van der Waals surface area contributed by atoms with Crippen molar-refractivity contribution in [2.45, 2.75) is 6.92 Å². The molecule has 7 heteroatoms. The van der Waals surface area contributed by atoms with E-state index in [9.17, 15) is 0 Å². The Hall–Kier alpha value is -2.40. The number of hydrogen-bond donors (Lipinski definition) is 1. The fourth-order valence-electron chi connectivity index (χ4n) is 2.64. The van der Waals surface area contributed by atoms with E-state index in [-0.39, 0.29) is 0 Å². The smallest absolute Gasteiger partial charge is 0.163 e. The molecule has 0 radical (unpaired) electrons. The number of anilines is 2. The van der Waals surface area contributed by atoms with Crippen LogP contribution in [0.15, 0.2) is 54.7 Å². The molecular formula is C20H13Cl3N4. The first-order chi connectivity index (χ1) is 13.0. The molecule has 0 saturated heterocycles. The first-order valence-electron chi connectivity index (χ1n) is 8.12. The van der Waals surface area contributed by atoms with Crippen LogP contribution in [0.2, 0.25) is 15.1 Å². The average molecular weight is 416 g/mol. The molecule has 0 aliphatic carbocycles. The minimum Gasteiger partial charge on any atom is -0.340 e. The number of aryl methyl sites for hydroxylation is 1. The predicted molar refractivity (Wildman–Crippen MR) is 112 cm³/mol. The summed E-state index contributed by atoms with van der Waals surface area (Å²) in [7, 11) is 0. The van der Waals surface area contributed by atoms with Crippen molar-refractivity contribution in [1.29, 1.82) is 0 Å². The summed E-state index contributed by atoms with van der Waals surface area (Å²) in [6, 6.07) is 14.7. The van der Waals surface area contributed by atoms with E-state index in [1.54, 1.807) is 24.4 Å². The number of benzene rings is 2. The van der Waals surface area contributed by atoms with Gasteiger partial charge >= 0.3 is 0 Å². The van der Waals surface area contributed by atoms with E-state index in [2.05, 4.69) is 15.3 Å². The molecule has 0 unspecified atom stereocenters. The van der Waals surface area contributed by atoms with Crippen LogP contribution in [0, 0.1) is 6.92 Å². The van der Waals surface area contributed by atoms with Gasteiger partial charge in [0.2, 0.25) is 0 Å². The summed E-state index contributed by atoms with van der Waals surface area (Å²) in [6.07, 6.45) is 1.75. The van der Waals surface area contributed by atoms with Crippen LogP contribution in [-0.4, -0.2) is 15.0 Å². The fraction of sp³-hybridized carbons (Fsp3) is 0.0500. The third-order valence-electron chi connectivity index (χ3n) is 4.01. The van der Waals surface area contributed by atoms with Crippen LogP contribution in [0.4, 0.5) is 11.5 Å². The summed E-state index contributed by atoms with van der Waals surface area (Å²) in [5.41, 5.74) is 3.25. The van der Waals surface area contributed by atoms with Crippen LogP contribution in [0.3, 0.4) is 0 Å². The highest BCUT2D eigenvalue weighted by Crippen LogP contribution is 2.31. The molecule has 1 N–H and O–H groups in total. The molecule has 2 heterocycles. The van der Waals surface area contributed by atoms with Crippen molar-refractivity contribution in [2.24, 2.45) is 0 Å². The lowest BCUT2D eigenvalue weighted by molar-refractivity contribution is 1.17. The number of nitrogens with one attached hydrogen (secondary N) is 1. The molecule has 4 aromatic rings. The summed E-state index contributed by atoms with van der Waals surface area (Å²) < 4.78 is 0. The maximum atomic E-state index is 6.16. The van der Waals surface area contributed by atoms with Crippen LogP contribution < -0.4 is 5.32 Å². The minimum atomic E-state index is 0.464. The lowest BCUT2D eigenvalue weighted by Crippen LogP contribution is -2.00. The van der Waals surface area contributed by atoms with E-state index >= 15 is 0 Å². The van der Waals surface area contributed by atoms with Gasteiger partial charge in [-0.3, -0.25) is 4.98 Å². The quantitative estimate of drug-likeness (QED) is 0.404. The zero-order valence-electron chi connectivity index (χ0n) is 14.2. The van der Waals surface area contributed by atoms with Gasteiger partial charge in [-0.1, -0.05) is 34.8 Å². The molecule has 27 heavy (non-hydrogen) atoms. The van der Waals surface area contributed by atoms with Gasteiger partial charge in [-0.2, -0.15) is 0 Å². The molecule has 0 fully saturated rings. The Bertz CT molecular complexity index is 1140. The number of aromatic nitrogens is 3. The van der Waals surface area contributed by atoms with Gasteiger partial charge in [0.15, 0.2) is 5.82 Å². The van der Waals surface area contributed by atoms with Crippen LogP contribution >= 0.6 is 34.8 Å². The van der Waals surface area contributed by atoms with Gasteiger partial charge in [-0.15, -0.1) is 0 Å². The van der Waals surface area contributed by atoms with Crippen molar-refractivity contribution in [3.8, 4) is 11.4 Å². The molecule has 2 aromatic heterocycles. The molecule has 2 aromatic carbocycles. The largest absolute Gasteiger partial charge is 0.340 e.